The molecule has 0 bridgehead atoms. The molecule has 2 heterocycles. The fourth-order valence-electron chi connectivity index (χ4n) is 2.64. The van der Waals surface area contributed by atoms with Crippen molar-refractivity contribution in [3.8, 4) is 0 Å². The van der Waals surface area contributed by atoms with Gasteiger partial charge >= 0.3 is 0 Å². The Morgan fingerprint density at radius 3 is 2.50 bits per heavy atom. The Hall–Kier alpha value is -0.160. The highest BCUT2D eigenvalue weighted by atomic mass is 16.7. The van der Waals surface area contributed by atoms with Crippen LogP contribution in [-0.2, 0) is 9.47 Å². The first kappa shape index (κ1) is 14.3. The largest absolute Gasteiger partial charge is 0.349 e. The first-order valence-electron chi connectivity index (χ1n) is 7.21. The van der Waals surface area contributed by atoms with Crippen LogP contribution in [0.3, 0.4) is 0 Å². The maximum atomic E-state index is 5.66. The zero-order chi connectivity index (χ0) is 13.2. The Morgan fingerprint density at radius 1 is 1.28 bits per heavy atom. The molecule has 0 aromatic rings. The fourth-order valence-corrected chi connectivity index (χ4v) is 2.64. The Kier molecular flexibility index (Phi) is 4.64. The van der Waals surface area contributed by atoms with Gasteiger partial charge in [0.1, 0.15) is 0 Å². The lowest BCUT2D eigenvalue weighted by molar-refractivity contribution is -0.253. The molecule has 0 saturated carbocycles. The van der Waals surface area contributed by atoms with Gasteiger partial charge in [-0.1, -0.05) is 0 Å². The van der Waals surface area contributed by atoms with Crippen molar-refractivity contribution in [2.75, 3.05) is 32.8 Å². The lowest BCUT2D eigenvalue weighted by Crippen LogP contribution is -2.49. The first-order chi connectivity index (χ1) is 8.46. The molecule has 0 aliphatic carbocycles. The van der Waals surface area contributed by atoms with E-state index in [1.807, 2.05) is 13.8 Å². The zero-order valence-corrected chi connectivity index (χ0v) is 12.2. The highest BCUT2D eigenvalue weighted by Gasteiger charge is 2.29. The van der Waals surface area contributed by atoms with Gasteiger partial charge in [-0.05, 0) is 53.1 Å². The van der Waals surface area contributed by atoms with E-state index in [4.69, 9.17) is 9.47 Å². The van der Waals surface area contributed by atoms with Crippen LogP contribution in [0.25, 0.3) is 0 Å². The predicted octanol–water partition coefficient (Wildman–Crippen LogP) is 1.46. The maximum absolute atomic E-state index is 5.66. The molecule has 2 saturated heterocycles. The third-order valence-corrected chi connectivity index (χ3v) is 4.01. The van der Waals surface area contributed by atoms with Crippen LogP contribution in [0.15, 0.2) is 0 Å². The standard InChI is InChI=1S/C14H28N2O2/c1-11(2)16-6-5-12(8-16)7-15-13-9-17-14(3,4)18-10-13/h11-13,15H,5-10H2,1-4H3. The van der Waals surface area contributed by atoms with E-state index < -0.39 is 5.79 Å². The topological polar surface area (TPSA) is 33.7 Å². The molecule has 0 amide bonds. The quantitative estimate of drug-likeness (QED) is 0.825. The van der Waals surface area contributed by atoms with E-state index in [1.54, 1.807) is 0 Å². The molecule has 1 N–H and O–H groups in total. The summed E-state index contributed by atoms with van der Waals surface area (Å²) in [5, 5.41) is 3.58. The highest BCUT2D eigenvalue weighted by Crippen LogP contribution is 2.19. The maximum Gasteiger partial charge on any atom is 0.162 e. The van der Waals surface area contributed by atoms with Crippen LogP contribution >= 0.6 is 0 Å². The van der Waals surface area contributed by atoms with E-state index in [-0.39, 0.29) is 0 Å². The van der Waals surface area contributed by atoms with Crippen LogP contribution in [0.1, 0.15) is 34.1 Å². The van der Waals surface area contributed by atoms with Crippen LogP contribution in [0, 0.1) is 5.92 Å². The van der Waals surface area contributed by atoms with E-state index >= 15 is 0 Å². The number of hydrogen-bond donors (Lipinski definition) is 1. The predicted molar refractivity (Wildman–Crippen MR) is 72.6 cm³/mol. The van der Waals surface area contributed by atoms with E-state index in [2.05, 4.69) is 24.1 Å². The smallest absolute Gasteiger partial charge is 0.162 e. The summed E-state index contributed by atoms with van der Waals surface area (Å²) >= 11 is 0. The van der Waals surface area contributed by atoms with E-state index in [9.17, 15) is 0 Å². The van der Waals surface area contributed by atoms with Gasteiger partial charge in [-0.2, -0.15) is 0 Å². The Bertz CT molecular complexity index is 257. The SMILES string of the molecule is CC(C)N1CCC(CNC2COC(C)(C)OC2)C1. The van der Waals surface area contributed by atoms with Gasteiger partial charge in [0.15, 0.2) is 5.79 Å². The highest BCUT2D eigenvalue weighted by molar-refractivity contribution is 4.81. The van der Waals surface area contributed by atoms with Gasteiger partial charge in [0.05, 0.1) is 19.3 Å². The fraction of sp³-hybridized carbons (Fsp3) is 1.00. The van der Waals surface area contributed by atoms with Gasteiger partial charge < -0.3 is 19.7 Å². The van der Waals surface area contributed by atoms with Crippen molar-refractivity contribution in [2.45, 2.75) is 52.0 Å². The molecule has 0 spiro atoms. The molecule has 0 aromatic carbocycles. The number of ether oxygens (including phenoxy) is 2. The third-order valence-electron chi connectivity index (χ3n) is 4.01. The number of rotatable bonds is 4. The second kappa shape index (κ2) is 5.87. The minimum atomic E-state index is -0.403. The van der Waals surface area contributed by atoms with Crippen molar-refractivity contribution in [3.63, 3.8) is 0 Å². The van der Waals surface area contributed by atoms with Crippen molar-refractivity contribution in [3.05, 3.63) is 0 Å². The number of nitrogens with zero attached hydrogens (tertiary/aromatic N) is 1. The minimum absolute atomic E-state index is 0.353. The van der Waals surface area contributed by atoms with E-state index in [0.29, 0.717) is 12.1 Å². The van der Waals surface area contributed by atoms with Crippen LogP contribution in [0.4, 0.5) is 0 Å². The van der Waals surface area contributed by atoms with Crippen molar-refractivity contribution >= 4 is 0 Å². The van der Waals surface area contributed by atoms with Crippen LogP contribution < -0.4 is 5.32 Å². The monoisotopic (exact) mass is 256 g/mol. The average molecular weight is 256 g/mol. The summed E-state index contributed by atoms with van der Waals surface area (Å²) in [5.41, 5.74) is 0. The van der Waals surface area contributed by atoms with Crippen LogP contribution in [0.2, 0.25) is 0 Å². The van der Waals surface area contributed by atoms with Crippen molar-refractivity contribution < 1.29 is 9.47 Å². The Morgan fingerprint density at radius 2 is 1.94 bits per heavy atom. The van der Waals surface area contributed by atoms with E-state index in [1.165, 1.54) is 19.5 Å². The van der Waals surface area contributed by atoms with E-state index in [0.717, 1.165) is 25.7 Å². The molecule has 106 valence electrons. The van der Waals surface area contributed by atoms with Gasteiger partial charge in [-0.3, -0.25) is 0 Å². The van der Waals surface area contributed by atoms with Gasteiger partial charge in [0.2, 0.25) is 0 Å². The number of hydrogen-bond acceptors (Lipinski definition) is 4. The molecule has 1 unspecified atom stereocenters. The van der Waals surface area contributed by atoms with Crippen LogP contribution in [-0.4, -0.2) is 55.6 Å². The number of nitrogens with one attached hydrogen (secondary N) is 1. The summed E-state index contributed by atoms with van der Waals surface area (Å²) in [7, 11) is 0. The summed E-state index contributed by atoms with van der Waals surface area (Å²) in [6.07, 6.45) is 1.31. The Balaban J connectivity index is 1.64. The van der Waals surface area contributed by atoms with Gasteiger partial charge in [0.25, 0.3) is 0 Å². The lowest BCUT2D eigenvalue weighted by Gasteiger charge is -2.35. The summed E-state index contributed by atoms with van der Waals surface area (Å²) < 4.78 is 11.3. The zero-order valence-electron chi connectivity index (χ0n) is 12.2. The van der Waals surface area contributed by atoms with Crippen molar-refractivity contribution in [2.24, 2.45) is 5.92 Å². The van der Waals surface area contributed by atoms with Crippen LogP contribution in [0.5, 0.6) is 0 Å². The molecule has 4 heteroatoms. The molecule has 0 aromatic heterocycles. The molecule has 2 fully saturated rings. The molecule has 1 atom stereocenters. The van der Waals surface area contributed by atoms with Gasteiger partial charge in [0, 0.05) is 12.6 Å². The van der Waals surface area contributed by atoms with Crippen molar-refractivity contribution in [1.82, 2.24) is 10.2 Å². The third kappa shape index (κ3) is 3.92. The average Bonchev–Trinajstić information content (AvgIpc) is 2.76. The summed E-state index contributed by atoms with van der Waals surface area (Å²) in [4.78, 5) is 2.56. The van der Waals surface area contributed by atoms with Gasteiger partial charge in [-0.25, -0.2) is 0 Å². The second-order valence-electron chi connectivity index (χ2n) is 6.37. The molecular weight excluding hydrogens is 228 g/mol. The first-order valence-corrected chi connectivity index (χ1v) is 7.21. The molecule has 2 aliphatic heterocycles. The lowest BCUT2D eigenvalue weighted by atomic mass is 10.1. The molecule has 0 radical (unpaired) electrons. The molecule has 2 aliphatic rings. The molecular formula is C14H28N2O2. The second-order valence-corrected chi connectivity index (χ2v) is 6.37. The summed E-state index contributed by atoms with van der Waals surface area (Å²) in [6, 6.07) is 1.03. The van der Waals surface area contributed by atoms with Crippen molar-refractivity contribution in [1.29, 1.82) is 0 Å². The summed E-state index contributed by atoms with van der Waals surface area (Å²) in [5.74, 6) is 0.377. The Labute approximate surface area is 111 Å². The normalized spacial score (nSPS) is 30.2. The number of likely N-dealkylation sites (tertiary alicyclic amines) is 1. The minimum Gasteiger partial charge on any atom is -0.349 e. The summed E-state index contributed by atoms with van der Waals surface area (Å²) in [6.45, 7) is 13.6. The van der Waals surface area contributed by atoms with Gasteiger partial charge in [-0.15, -0.1) is 0 Å². The molecule has 18 heavy (non-hydrogen) atoms. The molecule has 2 rings (SSSR count). The molecule has 4 nitrogen and oxygen atoms in total.